The normalized spacial score (nSPS) is 19.1. The minimum atomic E-state index is -0.529. The summed E-state index contributed by atoms with van der Waals surface area (Å²) in [5.74, 6) is 0.303. The molecule has 1 aromatic heterocycles. The molecular weight excluding hydrogens is 479 g/mol. The molecule has 1 saturated heterocycles. The van der Waals surface area contributed by atoms with Crippen molar-refractivity contribution in [3.63, 3.8) is 0 Å². The number of fused-ring (bicyclic) bond motifs is 1. The topological polar surface area (TPSA) is 78.1 Å². The molecule has 1 aliphatic heterocycles. The van der Waals surface area contributed by atoms with E-state index in [9.17, 15) is 9.59 Å². The van der Waals surface area contributed by atoms with Crippen LogP contribution in [-0.2, 0) is 4.79 Å². The van der Waals surface area contributed by atoms with Crippen molar-refractivity contribution in [3.8, 4) is 0 Å². The Morgan fingerprint density at radius 1 is 1.07 bits per heavy atom. The lowest BCUT2D eigenvalue weighted by molar-refractivity contribution is -0.130. The van der Waals surface area contributed by atoms with Gasteiger partial charge in [-0.25, -0.2) is 9.78 Å². The Kier molecular flexibility index (Phi) is 5.33. The fraction of sp³-hybridized carbons (Fsp3) is 0.318. The second kappa shape index (κ2) is 7.78. The summed E-state index contributed by atoms with van der Waals surface area (Å²) in [6.45, 7) is 5.90. The summed E-state index contributed by atoms with van der Waals surface area (Å²) in [6.07, 6.45) is 0. The van der Waals surface area contributed by atoms with Crippen molar-refractivity contribution in [3.05, 3.63) is 63.5 Å². The number of imide groups is 1. The van der Waals surface area contributed by atoms with Gasteiger partial charge in [-0.15, -0.1) is 0 Å². The first-order valence-corrected chi connectivity index (χ1v) is 10.8. The smallest absolute Gasteiger partial charge is 0.325 e. The van der Waals surface area contributed by atoms with Crippen molar-refractivity contribution in [1.82, 2.24) is 20.2 Å². The summed E-state index contributed by atoms with van der Waals surface area (Å²) in [4.78, 5) is 35.5. The third kappa shape index (κ3) is 3.63. The number of aromatic amines is 1. The summed E-state index contributed by atoms with van der Waals surface area (Å²) < 4.78 is 1.08. The van der Waals surface area contributed by atoms with Crippen LogP contribution in [0.3, 0.4) is 0 Å². The molecule has 2 aromatic carbocycles. The number of hydrogen-bond donors (Lipinski definition) is 2. The number of halogens is 1. The zero-order valence-electron chi connectivity index (χ0n) is 16.5. The van der Waals surface area contributed by atoms with Crippen LogP contribution >= 0.6 is 22.6 Å². The van der Waals surface area contributed by atoms with Crippen LogP contribution < -0.4 is 5.32 Å². The van der Waals surface area contributed by atoms with Crippen LogP contribution in [0.1, 0.15) is 44.1 Å². The molecule has 0 aliphatic carbocycles. The van der Waals surface area contributed by atoms with Gasteiger partial charge in [0.05, 0.1) is 11.0 Å². The number of carbonyl (C=O) groups excluding carboxylic acids is 2. The van der Waals surface area contributed by atoms with Crippen molar-refractivity contribution in [2.24, 2.45) is 5.92 Å². The average Bonchev–Trinajstić information content (AvgIpc) is 3.24. The number of H-pyrrole nitrogens is 1. The van der Waals surface area contributed by atoms with Gasteiger partial charge >= 0.3 is 6.03 Å². The maximum absolute atomic E-state index is 13.2. The largest absolute Gasteiger partial charge is 0.340 e. The van der Waals surface area contributed by atoms with Crippen LogP contribution in [0.2, 0.25) is 0 Å². The third-order valence-electron chi connectivity index (χ3n) is 5.49. The monoisotopic (exact) mass is 502 g/mol. The lowest BCUT2D eigenvalue weighted by atomic mass is 9.91. The minimum Gasteiger partial charge on any atom is -0.340 e. The fourth-order valence-electron chi connectivity index (χ4n) is 3.89. The second-order valence-electron chi connectivity index (χ2n) is 7.81. The van der Waals surface area contributed by atoms with Gasteiger partial charge in [-0.3, -0.25) is 9.69 Å². The van der Waals surface area contributed by atoms with Gasteiger partial charge in [-0.2, -0.15) is 0 Å². The lowest BCUT2D eigenvalue weighted by Gasteiger charge is -2.29. The average molecular weight is 502 g/mol. The van der Waals surface area contributed by atoms with Gasteiger partial charge in [0.1, 0.15) is 17.9 Å². The number of amides is 3. The first-order valence-electron chi connectivity index (χ1n) is 9.70. The number of carbonyl (C=O) groups is 2. The van der Waals surface area contributed by atoms with Gasteiger partial charge in [0, 0.05) is 9.49 Å². The van der Waals surface area contributed by atoms with Gasteiger partial charge in [-0.1, -0.05) is 51.1 Å². The van der Waals surface area contributed by atoms with E-state index < -0.39 is 12.1 Å². The van der Waals surface area contributed by atoms with E-state index in [0.29, 0.717) is 5.82 Å². The maximum Gasteiger partial charge on any atom is 0.325 e. The number of urea groups is 1. The first kappa shape index (κ1) is 19.9. The first-order chi connectivity index (χ1) is 13.9. The maximum atomic E-state index is 13.2. The number of nitrogens with one attached hydrogen (secondary N) is 2. The van der Waals surface area contributed by atoms with Crippen LogP contribution in [0.4, 0.5) is 4.79 Å². The molecule has 7 heteroatoms. The summed E-state index contributed by atoms with van der Waals surface area (Å²) >= 11 is 2.25. The van der Waals surface area contributed by atoms with Crippen LogP contribution in [0, 0.1) is 9.49 Å². The standard InChI is InChI=1S/C22H23IN4O2/c1-12(2)18-21(28)27(22(29)26-18)19(13(3)14-7-5-4-6-8-14)20-24-16-10-9-15(23)11-17(16)25-20/h4-13,18-19H,1-3H3,(H,24,25)(H,26,29)/t13-,18-,19+/m1/s1. The van der Waals surface area contributed by atoms with E-state index in [-0.39, 0.29) is 23.8 Å². The molecular formula is C22H23IN4O2. The molecule has 0 saturated carbocycles. The molecule has 0 spiro atoms. The summed E-state index contributed by atoms with van der Waals surface area (Å²) in [6, 6.07) is 14.5. The number of nitrogens with zero attached hydrogens (tertiary/aromatic N) is 2. The number of rotatable bonds is 5. The van der Waals surface area contributed by atoms with Crippen LogP contribution in [-0.4, -0.2) is 32.8 Å². The summed E-state index contributed by atoms with van der Waals surface area (Å²) in [5, 5.41) is 2.85. The molecule has 3 aromatic rings. The van der Waals surface area contributed by atoms with E-state index in [0.717, 1.165) is 20.2 Å². The molecule has 2 N–H and O–H groups in total. The van der Waals surface area contributed by atoms with Crippen molar-refractivity contribution in [2.45, 2.75) is 38.8 Å². The Hall–Kier alpha value is -2.42. The highest BCUT2D eigenvalue weighted by molar-refractivity contribution is 14.1. The Morgan fingerprint density at radius 2 is 1.79 bits per heavy atom. The number of benzene rings is 2. The zero-order chi connectivity index (χ0) is 20.7. The molecule has 1 aliphatic rings. The number of aromatic nitrogens is 2. The Morgan fingerprint density at radius 3 is 2.45 bits per heavy atom. The van der Waals surface area contributed by atoms with E-state index in [1.54, 1.807) is 0 Å². The van der Waals surface area contributed by atoms with Gasteiger partial charge in [0.15, 0.2) is 0 Å². The van der Waals surface area contributed by atoms with E-state index in [4.69, 9.17) is 4.98 Å². The zero-order valence-corrected chi connectivity index (χ0v) is 18.7. The molecule has 3 atom stereocenters. The molecule has 0 radical (unpaired) electrons. The fourth-order valence-corrected chi connectivity index (χ4v) is 4.36. The number of hydrogen-bond acceptors (Lipinski definition) is 3. The Bertz CT molecular complexity index is 1060. The molecule has 150 valence electrons. The van der Waals surface area contributed by atoms with Crippen molar-refractivity contribution in [1.29, 1.82) is 0 Å². The van der Waals surface area contributed by atoms with E-state index in [1.807, 2.05) is 69.3 Å². The highest BCUT2D eigenvalue weighted by Gasteiger charge is 2.46. The Labute approximate surface area is 183 Å². The van der Waals surface area contributed by atoms with Gasteiger partial charge in [0.25, 0.3) is 5.91 Å². The highest BCUT2D eigenvalue weighted by atomic mass is 127. The van der Waals surface area contributed by atoms with E-state index in [1.165, 1.54) is 4.90 Å². The second-order valence-corrected chi connectivity index (χ2v) is 9.05. The van der Waals surface area contributed by atoms with Gasteiger partial charge in [-0.05, 0) is 52.3 Å². The SMILES string of the molecule is CC(C)[C@H]1NC(=O)N([C@H](c2nc3cc(I)ccc3[nH]2)[C@H](C)c2ccccc2)C1=O. The molecule has 3 amide bonds. The van der Waals surface area contributed by atoms with E-state index in [2.05, 4.69) is 32.9 Å². The van der Waals surface area contributed by atoms with E-state index >= 15 is 0 Å². The molecule has 6 nitrogen and oxygen atoms in total. The summed E-state index contributed by atoms with van der Waals surface area (Å²) in [7, 11) is 0. The number of imidazole rings is 1. The molecule has 2 heterocycles. The van der Waals surface area contributed by atoms with Crippen LogP contribution in [0.15, 0.2) is 48.5 Å². The molecule has 0 unspecified atom stereocenters. The Balaban J connectivity index is 1.83. The lowest BCUT2D eigenvalue weighted by Crippen LogP contribution is -2.39. The van der Waals surface area contributed by atoms with Crippen LogP contribution in [0.25, 0.3) is 11.0 Å². The third-order valence-corrected chi connectivity index (χ3v) is 6.16. The van der Waals surface area contributed by atoms with Gasteiger partial charge in [0.2, 0.25) is 0 Å². The quantitative estimate of drug-likeness (QED) is 0.396. The minimum absolute atomic E-state index is 0.0152. The van der Waals surface area contributed by atoms with Crippen molar-refractivity contribution < 1.29 is 9.59 Å². The predicted molar refractivity (Wildman–Crippen MR) is 120 cm³/mol. The molecule has 0 bridgehead atoms. The van der Waals surface area contributed by atoms with Crippen molar-refractivity contribution >= 4 is 45.6 Å². The van der Waals surface area contributed by atoms with Gasteiger partial charge < -0.3 is 10.3 Å². The molecule has 1 fully saturated rings. The van der Waals surface area contributed by atoms with Crippen LogP contribution in [0.5, 0.6) is 0 Å². The predicted octanol–water partition coefficient (Wildman–Crippen LogP) is 4.59. The molecule has 29 heavy (non-hydrogen) atoms. The summed E-state index contributed by atoms with van der Waals surface area (Å²) in [5.41, 5.74) is 2.75. The highest BCUT2D eigenvalue weighted by Crippen LogP contribution is 2.37. The van der Waals surface area contributed by atoms with Crippen molar-refractivity contribution in [2.75, 3.05) is 0 Å². The molecule has 4 rings (SSSR count).